The molecule has 1 heterocycles. The zero-order valence-electron chi connectivity index (χ0n) is 11.3. The van der Waals surface area contributed by atoms with E-state index in [0.29, 0.717) is 6.42 Å². The van der Waals surface area contributed by atoms with Gasteiger partial charge in [-0.1, -0.05) is 23.8 Å². The molecule has 6 atom stereocenters. The summed E-state index contributed by atoms with van der Waals surface area (Å²) in [5.74, 6) is 0.749. The van der Waals surface area contributed by atoms with E-state index in [2.05, 4.69) is 12.2 Å². The first-order valence-corrected chi connectivity index (χ1v) is 7.12. The van der Waals surface area contributed by atoms with Crippen molar-refractivity contribution in [3.63, 3.8) is 0 Å². The zero-order valence-corrected chi connectivity index (χ0v) is 11.3. The standard InChI is InChI=1S/C16H18O3/c1-8(2)5-6-16-14(18)12-10-4-3-9(7-10)11(12)13(17)15(16)19-16/h3-5,9-12,15H,6-7H2,1-2H3/t9-,10+,11-,12+,15+,16-/m1/s1. The van der Waals surface area contributed by atoms with Gasteiger partial charge in [0.25, 0.3) is 0 Å². The highest BCUT2D eigenvalue weighted by Crippen LogP contribution is 2.59. The predicted molar refractivity (Wildman–Crippen MR) is 69.4 cm³/mol. The van der Waals surface area contributed by atoms with E-state index in [0.717, 1.165) is 6.42 Å². The van der Waals surface area contributed by atoms with E-state index in [-0.39, 0.29) is 35.2 Å². The highest BCUT2D eigenvalue weighted by Gasteiger charge is 2.74. The van der Waals surface area contributed by atoms with E-state index < -0.39 is 11.7 Å². The average Bonchev–Trinajstić information content (AvgIpc) is 2.77. The lowest BCUT2D eigenvalue weighted by molar-refractivity contribution is -0.138. The van der Waals surface area contributed by atoms with Crippen LogP contribution in [0.1, 0.15) is 26.7 Å². The summed E-state index contributed by atoms with van der Waals surface area (Å²) in [6, 6.07) is 0. The van der Waals surface area contributed by atoms with E-state index in [4.69, 9.17) is 4.74 Å². The van der Waals surface area contributed by atoms with Crippen LogP contribution < -0.4 is 0 Å². The van der Waals surface area contributed by atoms with Gasteiger partial charge in [-0.05, 0) is 32.1 Å². The molecule has 0 spiro atoms. The molecule has 0 amide bonds. The van der Waals surface area contributed by atoms with Gasteiger partial charge in [0.15, 0.2) is 23.3 Å². The topological polar surface area (TPSA) is 46.7 Å². The minimum absolute atomic E-state index is 0.0881. The number of ether oxygens (including phenoxy) is 1. The van der Waals surface area contributed by atoms with Crippen LogP contribution in [0.5, 0.6) is 0 Å². The van der Waals surface area contributed by atoms with Crippen molar-refractivity contribution in [2.24, 2.45) is 23.7 Å². The molecular formula is C16H18O3. The lowest BCUT2D eigenvalue weighted by atomic mass is 9.67. The average molecular weight is 258 g/mol. The number of carbonyl (C=O) groups excluding carboxylic acids is 2. The Balaban J connectivity index is 1.69. The molecule has 0 radical (unpaired) electrons. The van der Waals surface area contributed by atoms with Crippen LogP contribution in [0.15, 0.2) is 23.8 Å². The second-order valence-electron chi connectivity index (χ2n) is 6.64. The molecule has 100 valence electrons. The third-order valence-corrected chi connectivity index (χ3v) is 5.27. The molecule has 3 aliphatic carbocycles. The molecule has 3 nitrogen and oxygen atoms in total. The van der Waals surface area contributed by atoms with E-state index in [1.54, 1.807) is 0 Å². The SMILES string of the molecule is CC(C)=CC[C@]12O[C@H]1C(=O)[C@H]1[C@@H](C2=O)[C@H]2C=C[C@@H]1C2. The maximum atomic E-state index is 12.8. The molecule has 2 saturated carbocycles. The molecule has 0 aromatic heterocycles. The van der Waals surface area contributed by atoms with Crippen LogP contribution in [0, 0.1) is 23.7 Å². The number of Topliss-reactive ketones (excluding diaryl/α,β-unsaturated/α-hetero) is 2. The summed E-state index contributed by atoms with van der Waals surface area (Å²) in [5, 5.41) is 0. The van der Waals surface area contributed by atoms with E-state index in [1.807, 2.05) is 19.9 Å². The summed E-state index contributed by atoms with van der Waals surface area (Å²) in [7, 11) is 0. The minimum atomic E-state index is -0.798. The van der Waals surface area contributed by atoms with Crippen molar-refractivity contribution in [2.45, 2.75) is 38.4 Å². The summed E-state index contributed by atoms with van der Waals surface area (Å²) in [4.78, 5) is 25.3. The molecule has 3 fully saturated rings. The molecule has 0 N–H and O–H groups in total. The minimum Gasteiger partial charge on any atom is -0.349 e. The van der Waals surface area contributed by atoms with Crippen molar-refractivity contribution in [1.82, 2.24) is 0 Å². The molecule has 1 aliphatic heterocycles. The van der Waals surface area contributed by atoms with Gasteiger partial charge < -0.3 is 4.74 Å². The van der Waals surface area contributed by atoms with E-state index >= 15 is 0 Å². The van der Waals surface area contributed by atoms with Crippen molar-refractivity contribution in [3.8, 4) is 0 Å². The molecule has 2 bridgehead atoms. The van der Waals surface area contributed by atoms with E-state index in [1.165, 1.54) is 5.57 Å². The molecule has 3 heteroatoms. The number of epoxide rings is 1. The fourth-order valence-electron chi connectivity index (χ4n) is 4.29. The summed E-state index contributed by atoms with van der Waals surface area (Å²) in [6.07, 6.45) is 7.38. The Labute approximate surface area is 112 Å². The van der Waals surface area contributed by atoms with Gasteiger partial charge in [0, 0.05) is 18.3 Å². The third-order valence-electron chi connectivity index (χ3n) is 5.27. The molecule has 19 heavy (non-hydrogen) atoms. The number of ketones is 2. The highest BCUT2D eigenvalue weighted by atomic mass is 16.6. The lowest BCUT2D eigenvalue weighted by Gasteiger charge is -2.31. The van der Waals surface area contributed by atoms with Crippen molar-refractivity contribution < 1.29 is 14.3 Å². The van der Waals surface area contributed by atoms with E-state index in [9.17, 15) is 9.59 Å². The maximum Gasteiger partial charge on any atom is 0.172 e. The Bertz CT molecular complexity index is 540. The van der Waals surface area contributed by atoms with Crippen LogP contribution in [0.25, 0.3) is 0 Å². The molecule has 0 aromatic carbocycles. The first kappa shape index (κ1) is 11.6. The number of carbonyl (C=O) groups is 2. The second-order valence-corrected chi connectivity index (χ2v) is 6.64. The predicted octanol–water partition coefficient (Wildman–Crippen LogP) is 2.07. The van der Waals surface area contributed by atoms with Gasteiger partial charge in [-0.25, -0.2) is 0 Å². The van der Waals surface area contributed by atoms with Gasteiger partial charge in [-0.2, -0.15) is 0 Å². The molecule has 0 unspecified atom stereocenters. The van der Waals surface area contributed by atoms with Crippen LogP contribution in [0.4, 0.5) is 0 Å². The quantitative estimate of drug-likeness (QED) is 0.562. The smallest absolute Gasteiger partial charge is 0.172 e. The Morgan fingerprint density at radius 2 is 2.00 bits per heavy atom. The fourth-order valence-corrected chi connectivity index (χ4v) is 4.29. The van der Waals surface area contributed by atoms with Gasteiger partial charge >= 0.3 is 0 Å². The molecular weight excluding hydrogens is 240 g/mol. The Morgan fingerprint density at radius 3 is 2.68 bits per heavy atom. The summed E-state index contributed by atoms with van der Waals surface area (Å²) in [6.45, 7) is 4.01. The highest BCUT2D eigenvalue weighted by molar-refractivity contribution is 6.09. The van der Waals surface area contributed by atoms with Crippen LogP contribution in [-0.2, 0) is 14.3 Å². The lowest BCUT2D eigenvalue weighted by Crippen LogP contribution is -2.49. The van der Waals surface area contributed by atoms with Crippen LogP contribution in [0.3, 0.4) is 0 Å². The molecule has 1 saturated heterocycles. The van der Waals surface area contributed by atoms with Gasteiger partial charge in [0.2, 0.25) is 0 Å². The summed E-state index contributed by atoms with van der Waals surface area (Å²) < 4.78 is 5.63. The van der Waals surface area contributed by atoms with Gasteiger partial charge in [-0.15, -0.1) is 0 Å². The second kappa shape index (κ2) is 3.45. The van der Waals surface area contributed by atoms with Crippen molar-refractivity contribution in [2.75, 3.05) is 0 Å². The van der Waals surface area contributed by atoms with Crippen LogP contribution in [-0.4, -0.2) is 23.3 Å². The first-order chi connectivity index (χ1) is 9.04. The normalized spacial score (nSPS) is 49.1. The molecule has 0 aromatic rings. The van der Waals surface area contributed by atoms with Gasteiger partial charge in [-0.3, -0.25) is 9.59 Å². The zero-order chi connectivity index (χ0) is 13.4. The monoisotopic (exact) mass is 258 g/mol. The van der Waals surface area contributed by atoms with Crippen molar-refractivity contribution in [1.29, 1.82) is 0 Å². The molecule has 4 rings (SSSR count). The first-order valence-electron chi connectivity index (χ1n) is 7.12. The molecule has 4 aliphatic rings. The van der Waals surface area contributed by atoms with Gasteiger partial charge in [0.05, 0.1) is 0 Å². The fraction of sp³-hybridized carbons (Fsp3) is 0.625. The van der Waals surface area contributed by atoms with Crippen LogP contribution in [0.2, 0.25) is 0 Å². The Hall–Kier alpha value is -1.22. The largest absolute Gasteiger partial charge is 0.349 e. The Morgan fingerprint density at radius 1 is 1.32 bits per heavy atom. The number of hydrogen-bond acceptors (Lipinski definition) is 3. The van der Waals surface area contributed by atoms with Crippen molar-refractivity contribution in [3.05, 3.63) is 23.8 Å². The van der Waals surface area contributed by atoms with Crippen molar-refractivity contribution >= 4 is 11.6 Å². The maximum absolute atomic E-state index is 12.8. The number of allylic oxidation sites excluding steroid dienone is 3. The summed E-state index contributed by atoms with van der Waals surface area (Å²) >= 11 is 0. The van der Waals surface area contributed by atoms with Crippen LogP contribution >= 0.6 is 0 Å². The number of rotatable bonds is 2. The van der Waals surface area contributed by atoms with Gasteiger partial charge in [0.1, 0.15) is 0 Å². The summed E-state index contributed by atoms with van der Waals surface area (Å²) in [5.41, 5.74) is 0.368. The number of hydrogen-bond donors (Lipinski definition) is 0. The third kappa shape index (κ3) is 1.32. The Kier molecular flexibility index (Phi) is 2.11. The number of fused-ring (bicyclic) bond motifs is 6.